The number of alkyl carbamates (subject to hydrolysis) is 1. The Labute approximate surface area is 241 Å². The molecule has 2 N–H and O–H groups in total. The lowest BCUT2D eigenvalue weighted by molar-refractivity contribution is -0.143. The lowest BCUT2D eigenvalue weighted by atomic mass is 9.95. The fraction of sp³-hybridized carbons (Fsp3) is 0.545. The summed E-state index contributed by atoms with van der Waals surface area (Å²) in [6.45, 7) is 21.1. The molecule has 0 aliphatic carbocycles. The number of amides is 3. The minimum absolute atomic E-state index is 0.270. The summed E-state index contributed by atoms with van der Waals surface area (Å²) in [5.74, 6) is -0.211. The van der Waals surface area contributed by atoms with E-state index in [0.29, 0.717) is 12.3 Å². The van der Waals surface area contributed by atoms with Crippen LogP contribution >= 0.6 is 0 Å². The summed E-state index contributed by atoms with van der Waals surface area (Å²) in [6, 6.07) is 9.65. The third-order valence-corrected chi connectivity index (χ3v) is 7.10. The molecule has 0 aliphatic rings. The molecule has 0 saturated carbocycles. The van der Waals surface area contributed by atoms with Crippen molar-refractivity contribution in [2.24, 2.45) is 5.92 Å². The Hall–Kier alpha value is -3.35. The zero-order valence-corrected chi connectivity index (χ0v) is 26.3. The predicted octanol–water partition coefficient (Wildman–Crippen LogP) is 7.17. The maximum absolute atomic E-state index is 14.2. The van der Waals surface area contributed by atoms with E-state index < -0.39 is 23.8 Å². The molecule has 3 unspecified atom stereocenters. The number of anilines is 1. The van der Waals surface area contributed by atoms with Crippen molar-refractivity contribution in [3.05, 3.63) is 64.2 Å². The smallest absolute Gasteiger partial charge is 0.408 e. The topological polar surface area (TPSA) is 87.7 Å². The maximum Gasteiger partial charge on any atom is 0.408 e. The predicted molar refractivity (Wildman–Crippen MR) is 162 cm³/mol. The number of hydrogen-bond donors (Lipinski definition) is 2. The standard InChI is InChI=1S/C33H49N3O4/c1-20(2)15-17-25(7)36(31(38)26(8)34-32(39)40-33(9,10)11)29(27-18-16-21(3)24(6)19-27)30(37)35-28-22(4)13-12-14-23(28)5/h12-14,16,18-20,25-26,29H,15,17H2,1-11H3,(H,34,39)(H,35,37). The third-order valence-electron chi connectivity index (χ3n) is 7.10. The zero-order valence-electron chi connectivity index (χ0n) is 26.3. The molecule has 3 amide bonds. The van der Waals surface area contributed by atoms with Crippen LogP contribution in [0.5, 0.6) is 0 Å². The van der Waals surface area contributed by atoms with E-state index in [1.807, 2.05) is 71.0 Å². The second-order valence-electron chi connectivity index (χ2n) is 12.4. The zero-order chi connectivity index (χ0) is 30.4. The summed E-state index contributed by atoms with van der Waals surface area (Å²) in [5, 5.41) is 5.82. The average Bonchev–Trinajstić information content (AvgIpc) is 2.83. The van der Waals surface area contributed by atoms with Gasteiger partial charge < -0.3 is 20.3 Å². The first-order valence-corrected chi connectivity index (χ1v) is 14.3. The van der Waals surface area contributed by atoms with E-state index in [9.17, 15) is 14.4 Å². The van der Waals surface area contributed by atoms with Crippen LogP contribution < -0.4 is 10.6 Å². The molecule has 40 heavy (non-hydrogen) atoms. The number of nitrogens with one attached hydrogen (secondary N) is 2. The van der Waals surface area contributed by atoms with Gasteiger partial charge in [0.25, 0.3) is 5.91 Å². The Morgan fingerprint density at radius 1 is 0.850 bits per heavy atom. The molecule has 2 aromatic rings. The van der Waals surface area contributed by atoms with Gasteiger partial charge in [-0.2, -0.15) is 0 Å². The van der Waals surface area contributed by atoms with Gasteiger partial charge in [-0.25, -0.2) is 4.79 Å². The van der Waals surface area contributed by atoms with Crippen LogP contribution in [0, 0.1) is 33.6 Å². The molecule has 7 nitrogen and oxygen atoms in total. The van der Waals surface area contributed by atoms with Crippen LogP contribution in [0.2, 0.25) is 0 Å². The first-order valence-electron chi connectivity index (χ1n) is 14.3. The molecule has 2 aromatic carbocycles. The first-order chi connectivity index (χ1) is 18.5. The van der Waals surface area contributed by atoms with Gasteiger partial charge in [0.2, 0.25) is 5.91 Å². The molecule has 0 bridgehead atoms. The first kappa shape index (κ1) is 32.9. The van der Waals surface area contributed by atoms with Crippen LogP contribution in [0.15, 0.2) is 36.4 Å². The van der Waals surface area contributed by atoms with Crippen LogP contribution in [0.25, 0.3) is 0 Å². The van der Waals surface area contributed by atoms with E-state index in [0.717, 1.165) is 39.9 Å². The van der Waals surface area contributed by atoms with Crippen molar-refractivity contribution in [3.8, 4) is 0 Å². The highest BCUT2D eigenvalue weighted by Gasteiger charge is 2.38. The van der Waals surface area contributed by atoms with Gasteiger partial charge in [0.15, 0.2) is 0 Å². The van der Waals surface area contributed by atoms with Gasteiger partial charge in [0.05, 0.1) is 0 Å². The van der Waals surface area contributed by atoms with Gasteiger partial charge in [0, 0.05) is 11.7 Å². The van der Waals surface area contributed by atoms with E-state index in [1.165, 1.54) is 0 Å². The Morgan fingerprint density at radius 3 is 1.98 bits per heavy atom. The van der Waals surface area contributed by atoms with Crippen molar-refractivity contribution in [2.45, 2.75) is 113 Å². The van der Waals surface area contributed by atoms with E-state index in [2.05, 4.69) is 24.5 Å². The summed E-state index contributed by atoms with van der Waals surface area (Å²) in [7, 11) is 0. The van der Waals surface area contributed by atoms with Crippen molar-refractivity contribution in [1.29, 1.82) is 0 Å². The number of aryl methyl sites for hydroxylation is 4. The Kier molecular flexibility index (Phi) is 11.4. The van der Waals surface area contributed by atoms with Crippen molar-refractivity contribution in [3.63, 3.8) is 0 Å². The summed E-state index contributed by atoms with van der Waals surface area (Å²) >= 11 is 0. The van der Waals surface area contributed by atoms with Crippen LogP contribution in [0.4, 0.5) is 10.5 Å². The number of benzene rings is 2. The number of carbonyl (C=O) groups excluding carboxylic acids is 3. The molecule has 3 atom stereocenters. The number of para-hydroxylation sites is 1. The number of carbonyl (C=O) groups is 3. The number of nitrogens with zero attached hydrogens (tertiary/aromatic N) is 1. The van der Waals surface area contributed by atoms with Gasteiger partial charge in [0.1, 0.15) is 17.7 Å². The van der Waals surface area contributed by atoms with Crippen LogP contribution in [0.1, 0.15) is 95.2 Å². The third kappa shape index (κ3) is 9.10. The molecule has 220 valence electrons. The Balaban J connectivity index is 2.60. The molecule has 0 radical (unpaired) electrons. The summed E-state index contributed by atoms with van der Waals surface area (Å²) in [5.41, 5.74) is 4.78. The van der Waals surface area contributed by atoms with E-state index in [1.54, 1.807) is 32.6 Å². The number of rotatable bonds is 10. The van der Waals surface area contributed by atoms with Crippen molar-refractivity contribution in [1.82, 2.24) is 10.2 Å². The van der Waals surface area contributed by atoms with E-state index in [-0.39, 0.29) is 17.9 Å². The van der Waals surface area contributed by atoms with E-state index in [4.69, 9.17) is 4.74 Å². The van der Waals surface area contributed by atoms with Crippen molar-refractivity contribution in [2.75, 3.05) is 5.32 Å². The summed E-state index contributed by atoms with van der Waals surface area (Å²) in [6.07, 6.45) is 0.920. The second kappa shape index (κ2) is 13.8. The van der Waals surface area contributed by atoms with Gasteiger partial charge in [-0.3, -0.25) is 9.59 Å². The van der Waals surface area contributed by atoms with Gasteiger partial charge >= 0.3 is 6.09 Å². The highest BCUT2D eigenvalue weighted by molar-refractivity contribution is 6.00. The second-order valence-corrected chi connectivity index (χ2v) is 12.4. The Morgan fingerprint density at radius 2 is 1.45 bits per heavy atom. The molecular formula is C33H49N3O4. The minimum atomic E-state index is -0.907. The number of hydrogen-bond acceptors (Lipinski definition) is 4. The molecule has 0 spiro atoms. The van der Waals surface area contributed by atoms with Crippen LogP contribution in [-0.2, 0) is 14.3 Å². The highest BCUT2D eigenvalue weighted by Crippen LogP contribution is 2.31. The molecule has 0 saturated heterocycles. The quantitative estimate of drug-likeness (QED) is 0.328. The lowest BCUT2D eigenvalue weighted by Gasteiger charge is -2.38. The Bertz CT molecular complexity index is 1180. The molecule has 0 aromatic heterocycles. The molecule has 7 heteroatoms. The monoisotopic (exact) mass is 551 g/mol. The minimum Gasteiger partial charge on any atom is -0.444 e. The largest absolute Gasteiger partial charge is 0.444 e. The fourth-order valence-electron chi connectivity index (χ4n) is 4.66. The highest BCUT2D eigenvalue weighted by atomic mass is 16.6. The van der Waals surface area contributed by atoms with Crippen LogP contribution in [0.3, 0.4) is 0 Å². The molecule has 0 fully saturated rings. The molecule has 2 rings (SSSR count). The van der Waals surface area contributed by atoms with Gasteiger partial charge in [-0.1, -0.05) is 50.2 Å². The normalized spacial score (nSPS) is 13.8. The summed E-state index contributed by atoms with van der Waals surface area (Å²) < 4.78 is 5.40. The maximum atomic E-state index is 14.2. The number of ether oxygens (including phenoxy) is 1. The van der Waals surface area contributed by atoms with E-state index >= 15 is 0 Å². The van der Waals surface area contributed by atoms with Gasteiger partial charge in [-0.05, 0) is 109 Å². The molecule has 0 aliphatic heterocycles. The van der Waals surface area contributed by atoms with Crippen LogP contribution in [-0.4, -0.2) is 40.5 Å². The summed E-state index contributed by atoms with van der Waals surface area (Å²) in [4.78, 5) is 42.6. The average molecular weight is 552 g/mol. The lowest BCUT2D eigenvalue weighted by Crippen LogP contribution is -2.54. The SMILES string of the molecule is Cc1ccc(C(C(=O)Nc2c(C)cccc2C)N(C(=O)C(C)NC(=O)OC(C)(C)C)C(C)CCC(C)C)cc1C. The molecular weight excluding hydrogens is 502 g/mol. The fourth-order valence-corrected chi connectivity index (χ4v) is 4.66. The molecule has 0 heterocycles. The van der Waals surface area contributed by atoms with Crippen molar-refractivity contribution < 1.29 is 19.1 Å². The van der Waals surface area contributed by atoms with Gasteiger partial charge in [-0.15, -0.1) is 0 Å². The van der Waals surface area contributed by atoms with Crippen molar-refractivity contribution >= 4 is 23.6 Å².